The van der Waals surface area contributed by atoms with E-state index in [1.54, 1.807) is 0 Å². The number of aromatic nitrogens is 1. The zero-order valence-electron chi connectivity index (χ0n) is 15.8. The number of pyridine rings is 1. The molecule has 27 heavy (non-hydrogen) atoms. The molecule has 1 saturated heterocycles. The molecule has 0 radical (unpaired) electrons. The molecule has 0 unspecified atom stereocenters. The molecule has 1 aliphatic heterocycles. The van der Waals surface area contributed by atoms with Crippen molar-refractivity contribution in [1.29, 1.82) is 0 Å². The van der Waals surface area contributed by atoms with Gasteiger partial charge in [-0.3, -0.25) is 9.78 Å². The molecule has 4 nitrogen and oxygen atoms in total. The van der Waals surface area contributed by atoms with Gasteiger partial charge in [0.1, 0.15) is 0 Å². The van der Waals surface area contributed by atoms with Gasteiger partial charge in [-0.2, -0.15) is 0 Å². The van der Waals surface area contributed by atoms with E-state index >= 15 is 0 Å². The molecular formula is C23H24N2O2. The van der Waals surface area contributed by atoms with Gasteiger partial charge < -0.3 is 9.64 Å². The number of carbonyl (C=O) groups is 1. The summed E-state index contributed by atoms with van der Waals surface area (Å²) in [5.74, 6) is 0.0803. The van der Waals surface area contributed by atoms with E-state index in [9.17, 15) is 4.79 Å². The number of ether oxygens (including phenoxy) is 1. The lowest BCUT2D eigenvalue weighted by Crippen LogP contribution is -2.45. The number of hydrogen-bond acceptors (Lipinski definition) is 3. The summed E-state index contributed by atoms with van der Waals surface area (Å²) in [5.41, 5.74) is 4.87. The molecule has 0 aliphatic carbocycles. The minimum absolute atomic E-state index is 0.0803. The number of nitrogens with zero attached hydrogens (tertiary/aromatic N) is 2. The number of hydrogen-bond donors (Lipinski definition) is 0. The van der Waals surface area contributed by atoms with Gasteiger partial charge in [-0.15, -0.1) is 0 Å². The number of amides is 1. The lowest BCUT2D eigenvalue weighted by atomic mass is 10.0. The number of rotatable bonds is 3. The lowest BCUT2D eigenvalue weighted by Gasteiger charge is -2.32. The Labute approximate surface area is 159 Å². The quantitative estimate of drug-likeness (QED) is 0.692. The van der Waals surface area contributed by atoms with Crippen molar-refractivity contribution in [2.24, 2.45) is 0 Å². The van der Waals surface area contributed by atoms with Gasteiger partial charge in [0.15, 0.2) is 0 Å². The molecule has 1 aliphatic rings. The average Bonchev–Trinajstić information content (AvgIpc) is 2.73. The van der Waals surface area contributed by atoms with Crippen LogP contribution in [-0.2, 0) is 4.74 Å². The summed E-state index contributed by atoms with van der Waals surface area (Å²) in [5, 5.41) is 1.11. The normalized spacial score (nSPS) is 17.3. The van der Waals surface area contributed by atoms with Gasteiger partial charge >= 0.3 is 0 Å². The Bertz CT molecular complexity index is 983. The number of carbonyl (C=O) groups excluding carboxylic acids is 1. The second-order valence-electron chi connectivity index (χ2n) is 7.09. The van der Waals surface area contributed by atoms with E-state index in [0.717, 1.165) is 39.7 Å². The third-order valence-electron chi connectivity index (χ3n) is 5.15. The maximum atomic E-state index is 13.0. The molecule has 3 aromatic rings. The minimum atomic E-state index is 0.0803. The van der Waals surface area contributed by atoms with Gasteiger partial charge in [0.05, 0.1) is 18.2 Å². The average molecular weight is 360 g/mol. The fraction of sp³-hybridized carbons (Fsp3) is 0.304. The SMILES string of the molecule is CC[C@H]1CN(C(=O)c2cccc(-c3ccc4nc(C)ccc4c3)c2)CCO1. The van der Waals surface area contributed by atoms with Crippen LogP contribution < -0.4 is 0 Å². The number of benzene rings is 2. The van der Waals surface area contributed by atoms with E-state index in [1.807, 2.05) is 48.2 Å². The first kappa shape index (κ1) is 17.7. The van der Waals surface area contributed by atoms with Gasteiger partial charge in [0.2, 0.25) is 0 Å². The molecule has 1 aromatic heterocycles. The van der Waals surface area contributed by atoms with Crippen molar-refractivity contribution >= 4 is 16.8 Å². The first-order chi connectivity index (χ1) is 13.1. The van der Waals surface area contributed by atoms with Crippen molar-refractivity contribution < 1.29 is 9.53 Å². The van der Waals surface area contributed by atoms with Gasteiger partial charge in [0, 0.05) is 29.7 Å². The van der Waals surface area contributed by atoms with Crippen LogP contribution in [-0.4, -0.2) is 41.6 Å². The predicted octanol–water partition coefficient (Wildman–Crippen LogP) is 4.46. The van der Waals surface area contributed by atoms with Crippen LogP contribution in [0.4, 0.5) is 0 Å². The minimum Gasteiger partial charge on any atom is -0.375 e. The molecule has 4 rings (SSSR count). The van der Waals surface area contributed by atoms with Crippen LogP contribution in [0.1, 0.15) is 29.4 Å². The smallest absolute Gasteiger partial charge is 0.254 e. The van der Waals surface area contributed by atoms with E-state index in [2.05, 4.69) is 30.1 Å². The predicted molar refractivity (Wildman–Crippen MR) is 108 cm³/mol. The molecular weight excluding hydrogens is 336 g/mol. The summed E-state index contributed by atoms with van der Waals surface area (Å²) in [4.78, 5) is 19.4. The van der Waals surface area contributed by atoms with Crippen LogP contribution >= 0.6 is 0 Å². The fourth-order valence-corrected chi connectivity index (χ4v) is 3.57. The summed E-state index contributed by atoms with van der Waals surface area (Å²) in [6, 6.07) is 18.2. The molecule has 0 spiro atoms. The highest BCUT2D eigenvalue weighted by Gasteiger charge is 2.24. The monoisotopic (exact) mass is 360 g/mol. The van der Waals surface area contributed by atoms with Crippen LogP contribution in [0, 0.1) is 6.92 Å². The standard InChI is InChI=1S/C23H24N2O2/c1-3-21-15-25(11-12-27-21)23(26)20-6-4-5-17(14-20)18-9-10-22-19(13-18)8-7-16(2)24-22/h4-10,13-14,21H,3,11-12,15H2,1-2H3/t21-/m0/s1. The molecule has 0 N–H and O–H groups in total. The van der Waals surface area contributed by atoms with Gasteiger partial charge in [-0.25, -0.2) is 0 Å². The largest absolute Gasteiger partial charge is 0.375 e. The third-order valence-corrected chi connectivity index (χ3v) is 5.15. The second kappa shape index (κ2) is 7.49. The Balaban J connectivity index is 1.62. The maximum absolute atomic E-state index is 13.0. The number of fused-ring (bicyclic) bond motifs is 1. The van der Waals surface area contributed by atoms with Crippen molar-refractivity contribution in [3.63, 3.8) is 0 Å². The highest BCUT2D eigenvalue weighted by Crippen LogP contribution is 2.25. The molecule has 138 valence electrons. The Morgan fingerprint density at radius 2 is 2.00 bits per heavy atom. The summed E-state index contributed by atoms with van der Waals surface area (Å²) in [6.07, 6.45) is 1.07. The number of aryl methyl sites for hydroxylation is 1. The Morgan fingerprint density at radius 1 is 1.15 bits per heavy atom. The van der Waals surface area contributed by atoms with Crippen LogP contribution in [0.3, 0.4) is 0 Å². The van der Waals surface area contributed by atoms with E-state index in [1.165, 1.54) is 0 Å². The maximum Gasteiger partial charge on any atom is 0.254 e. The van der Waals surface area contributed by atoms with Crippen LogP contribution in [0.25, 0.3) is 22.0 Å². The topological polar surface area (TPSA) is 42.4 Å². The molecule has 0 bridgehead atoms. The zero-order valence-corrected chi connectivity index (χ0v) is 15.8. The zero-order chi connectivity index (χ0) is 18.8. The Morgan fingerprint density at radius 3 is 2.85 bits per heavy atom. The number of morpholine rings is 1. The van der Waals surface area contributed by atoms with E-state index in [4.69, 9.17) is 4.74 Å². The van der Waals surface area contributed by atoms with E-state index in [-0.39, 0.29) is 12.0 Å². The van der Waals surface area contributed by atoms with Crippen molar-refractivity contribution in [2.45, 2.75) is 26.4 Å². The summed E-state index contributed by atoms with van der Waals surface area (Å²) < 4.78 is 5.69. The van der Waals surface area contributed by atoms with Gasteiger partial charge in [-0.1, -0.05) is 31.2 Å². The van der Waals surface area contributed by atoms with Crippen molar-refractivity contribution in [3.8, 4) is 11.1 Å². The van der Waals surface area contributed by atoms with Crippen LogP contribution in [0.15, 0.2) is 54.6 Å². The fourth-order valence-electron chi connectivity index (χ4n) is 3.57. The molecule has 1 fully saturated rings. The Kier molecular flexibility index (Phi) is 4.90. The Hall–Kier alpha value is -2.72. The highest BCUT2D eigenvalue weighted by molar-refractivity contribution is 5.96. The van der Waals surface area contributed by atoms with Crippen molar-refractivity contribution in [1.82, 2.24) is 9.88 Å². The van der Waals surface area contributed by atoms with E-state index < -0.39 is 0 Å². The van der Waals surface area contributed by atoms with Crippen molar-refractivity contribution in [3.05, 3.63) is 65.9 Å². The summed E-state index contributed by atoms with van der Waals surface area (Å²) >= 11 is 0. The van der Waals surface area contributed by atoms with Crippen LogP contribution in [0.2, 0.25) is 0 Å². The van der Waals surface area contributed by atoms with Crippen LogP contribution in [0.5, 0.6) is 0 Å². The first-order valence-electron chi connectivity index (χ1n) is 9.53. The molecule has 2 aromatic carbocycles. The van der Waals surface area contributed by atoms with Gasteiger partial charge in [-0.05, 0) is 54.8 Å². The molecule has 2 heterocycles. The first-order valence-corrected chi connectivity index (χ1v) is 9.53. The summed E-state index contributed by atoms with van der Waals surface area (Å²) in [7, 11) is 0. The molecule has 1 atom stereocenters. The lowest BCUT2D eigenvalue weighted by molar-refractivity contribution is -0.0226. The molecule has 4 heteroatoms. The van der Waals surface area contributed by atoms with Crippen molar-refractivity contribution in [2.75, 3.05) is 19.7 Å². The molecule has 0 saturated carbocycles. The second-order valence-corrected chi connectivity index (χ2v) is 7.09. The van der Waals surface area contributed by atoms with Gasteiger partial charge in [0.25, 0.3) is 5.91 Å². The highest BCUT2D eigenvalue weighted by atomic mass is 16.5. The van der Waals surface area contributed by atoms with E-state index in [0.29, 0.717) is 19.7 Å². The molecule has 1 amide bonds. The summed E-state index contributed by atoms with van der Waals surface area (Å²) in [6.45, 7) is 6.02. The third kappa shape index (κ3) is 3.71.